The number of hydrogen-bond acceptors (Lipinski definition) is 7. The van der Waals surface area contributed by atoms with Gasteiger partial charge in [0.05, 0.1) is 0 Å². The van der Waals surface area contributed by atoms with Gasteiger partial charge >= 0.3 is 0 Å². The van der Waals surface area contributed by atoms with Crippen LogP contribution in [0.25, 0.3) is 0 Å². The van der Waals surface area contributed by atoms with E-state index in [1.807, 2.05) is 71.6 Å². The third-order valence-electron chi connectivity index (χ3n) is 5.65. The van der Waals surface area contributed by atoms with E-state index in [1.165, 1.54) is 40.0 Å². The summed E-state index contributed by atoms with van der Waals surface area (Å²) in [5.74, 6) is 1.14. The first kappa shape index (κ1) is 48.2. The predicted molar refractivity (Wildman–Crippen MR) is 198 cm³/mol. The normalized spacial score (nSPS) is 11.4. The van der Waals surface area contributed by atoms with E-state index in [1.54, 1.807) is 45.0 Å². The minimum absolute atomic E-state index is 0. The van der Waals surface area contributed by atoms with E-state index >= 15 is 0 Å². The number of hydrogen-bond donors (Lipinski definition) is 0. The molecule has 1 heterocycles. The highest BCUT2D eigenvalue weighted by atomic mass is 32.2. The number of likely N-dealkylation sites (tertiary alicyclic amines) is 1. The Morgan fingerprint density at radius 2 is 0.938 bits per heavy atom. The van der Waals surface area contributed by atoms with Crippen LogP contribution in [0.15, 0.2) is 91.0 Å². The summed E-state index contributed by atoms with van der Waals surface area (Å²) in [6, 6.07) is 28.3. The van der Waals surface area contributed by atoms with E-state index in [-0.39, 0.29) is 49.6 Å². The van der Waals surface area contributed by atoms with Gasteiger partial charge in [0, 0.05) is 32.9 Å². The molecule has 1 unspecified atom stereocenters. The van der Waals surface area contributed by atoms with Crippen LogP contribution in [-0.2, 0) is 47.9 Å². The summed E-state index contributed by atoms with van der Waals surface area (Å²) < 4.78 is 16.1. The largest absolute Gasteiger partial charge is 0.400 e. The van der Waals surface area contributed by atoms with E-state index in [0.717, 1.165) is 24.2 Å². The fraction of sp³-hybridized carbons (Fsp3) is 0.410. The molecule has 0 aliphatic carbocycles. The minimum atomic E-state index is -1.55. The maximum Gasteiger partial charge on any atom is 0.219 e. The highest BCUT2D eigenvalue weighted by Gasteiger charge is 2.11. The summed E-state index contributed by atoms with van der Waals surface area (Å²) >= 11 is -1.55. The van der Waals surface area contributed by atoms with Crippen LogP contribution in [0.1, 0.15) is 86.8 Å². The van der Waals surface area contributed by atoms with Crippen LogP contribution in [0.3, 0.4) is 0 Å². The number of Topliss-reactive ketones (excluding diaryl/α,β-unsaturated/α-hetero) is 4. The molecule has 8 nitrogen and oxygen atoms in total. The molecule has 0 aromatic heterocycles. The second-order valence-corrected chi connectivity index (χ2v) is 11.8. The lowest BCUT2D eigenvalue weighted by Crippen LogP contribution is -2.33. The Kier molecular flexibility index (Phi) is 30.2. The molecule has 1 aliphatic rings. The average molecular weight is 684 g/mol. The summed E-state index contributed by atoms with van der Waals surface area (Å²) in [5.41, 5.74) is 2.19. The maximum absolute atomic E-state index is 11.1. The number of ketones is 4. The summed E-state index contributed by atoms with van der Waals surface area (Å²) in [4.78, 5) is 53.9. The Balaban J connectivity index is -0.000000539. The Morgan fingerprint density at radius 1 is 0.583 bits per heavy atom. The number of nitrogens with zero attached hydrogens (tertiary/aromatic N) is 1. The lowest BCUT2D eigenvalue weighted by molar-refractivity contribution is -0.129. The number of amides is 1. The first-order valence-electron chi connectivity index (χ1n) is 15.2. The zero-order valence-corrected chi connectivity index (χ0v) is 28.8. The Morgan fingerprint density at radius 3 is 1.23 bits per heavy atom. The van der Waals surface area contributed by atoms with Crippen LogP contribution in [0.4, 0.5) is 0 Å². The molecule has 0 saturated carbocycles. The molecule has 3 aromatic carbocycles. The van der Waals surface area contributed by atoms with E-state index < -0.39 is 11.1 Å². The fourth-order valence-electron chi connectivity index (χ4n) is 3.75. The molecule has 3 aromatic rings. The summed E-state index contributed by atoms with van der Waals surface area (Å²) in [5, 5.41) is 0. The van der Waals surface area contributed by atoms with Crippen molar-refractivity contribution in [2.24, 2.45) is 0 Å². The molecule has 0 spiro atoms. The van der Waals surface area contributed by atoms with Gasteiger partial charge in [0.1, 0.15) is 34.6 Å². The average Bonchev–Trinajstić information content (AvgIpc) is 2.99. The molecule has 1 saturated heterocycles. The van der Waals surface area contributed by atoms with Gasteiger partial charge in [-0.25, -0.2) is 4.21 Å². The van der Waals surface area contributed by atoms with Crippen molar-refractivity contribution in [2.75, 3.05) is 18.8 Å². The second-order valence-electron chi connectivity index (χ2n) is 10.8. The second kappa shape index (κ2) is 30.1. The maximum atomic E-state index is 11.1. The van der Waals surface area contributed by atoms with E-state index in [0.29, 0.717) is 18.6 Å². The van der Waals surface area contributed by atoms with Gasteiger partial charge in [0.15, 0.2) is 0 Å². The number of piperidine rings is 1. The Hall–Kier alpha value is -4.24. The van der Waals surface area contributed by atoms with Crippen molar-refractivity contribution < 1.29 is 32.4 Å². The van der Waals surface area contributed by atoms with Crippen molar-refractivity contribution in [1.82, 2.24) is 4.90 Å². The van der Waals surface area contributed by atoms with Crippen LogP contribution < -0.4 is 4.18 Å². The van der Waals surface area contributed by atoms with Crippen molar-refractivity contribution in [3.05, 3.63) is 102 Å². The summed E-state index contributed by atoms with van der Waals surface area (Å²) in [7, 11) is 0. The van der Waals surface area contributed by atoms with Crippen LogP contribution in [-0.4, -0.2) is 57.0 Å². The number of carbonyl (C=O) groups excluding carboxylic acids is 5. The molecule has 48 heavy (non-hydrogen) atoms. The highest BCUT2D eigenvalue weighted by molar-refractivity contribution is 7.81. The topological polar surface area (TPSA) is 115 Å². The van der Waals surface area contributed by atoms with Crippen molar-refractivity contribution >= 4 is 40.1 Å². The van der Waals surface area contributed by atoms with Gasteiger partial charge in [0.25, 0.3) is 0 Å². The van der Waals surface area contributed by atoms with Crippen molar-refractivity contribution in [3.63, 3.8) is 0 Å². The zero-order chi connectivity index (χ0) is 34.7. The first-order chi connectivity index (χ1) is 21.8. The van der Waals surface area contributed by atoms with Gasteiger partial charge in [-0.15, -0.1) is 0 Å². The van der Waals surface area contributed by atoms with Crippen molar-refractivity contribution in [1.29, 1.82) is 0 Å². The minimum Gasteiger partial charge on any atom is -0.400 e. The highest BCUT2D eigenvalue weighted by Crippen LogP contribution is 2.10. The van der Waals surface area contributed by atoms with Crippen LogP contribution in [0.5, 0.6) is 5.75 Å². The molecule has 1 fully saturated rings. The van der Waals surface area contributed by atoms with Gasteiger partial charge in [-0.2, -0.15) is 0 Å². The van der Waals surface area contributed by atoms with Gasteiger partial charge in [0.2, 0.25) is 17.0 Å². The molecule has 1 amide bonds. The van der Waals surface area contributed by atoms with Gasteiger partial charge < -0.3 is 13.9 Å². The number of carbonyl (C=O) groups is 5. The summed E-state index contributed by atoms with van der Waals surface area (Å²) in [6.45, 7) is 11.3. The molecule has 1 aliphatic heterocycles. The molecule has 0 N–H and O–H groups in total. The Labute approximate surface area is 292 Å². The molecule has 266 valence electrons. The van der Waals surface area contributed by atoms with E-state index in [4.69, 9.17) is 4.18 Å². The van der Waals surface area contributed by atoms with Gasteiger partial charge in [-0.05, 0) is 77.1 Å². The number of rotatable bonds is 8. The quantitative estimate of drug-likeness (QED) is 0.238. The van der Waals surface area contributed by atoms with Crippen molar-refractivity contribution in [3.8, 4) is 5.75 Å². The molecule has 0 radical (unpaired) electrons. The third kappa shape index (κ3) is 30.4. The van der Waals surface area contributed by atoms with Crippen LogP contribution in [0.2, 0.25) is 0 Å². The van der Waals surface area contributed by atoms with E-state index in [9.17, 15) is 28.2 Å². The molecule has 0 bridgehead atoms. The SMILES string of the molecule is C.C.CC(=O)CS(=O)Oc1ccccc1.CC(=O)Cc1ccccc1.CC(=O)Cc1ccccc1.CC(=O)N1CCCCC1.CC(C)=O. The lowest BCUT2D eigenvalue weighted by Gasteiger charge is -2.24. The molecule has 9 heteroatoms. The van der Waals surface area contributed by atoms with Crippen molar-refractivity contribution in [2.45, 2.75) is 88.5 Å². The molecule has 1 atom stereocenters. The number of para-hydroxylation sites is 1. The van der Waals surface area contributed by atoms with Crippen LogP contribution in [0, 0.1) is 0 Å². The summed E-state index contributed by atoms with van der Waals surface area (Å²) in [6.07, 6.45) is 4.80. The first-order valence-corrected chi connectivity index (χ1v) is 16.4. The lowest BCUT2D eigenvalue weighted by atomic mass is 10.1. The molecule has 4 rings (SSSR count). The molecular weight excluding hydrogens is 626 g/mol. The zero-order valence-electron chi connectivity index (χ0n) is 28.0. The van der Waals surface area contributed by atoms with Gasteiger partial charge in [-0.1, -0.05) is 93.7 Å². The van der Waals surface area contributed by atoms with E-state index in [2.05, 4.69) is 0 Å². The number of benzene rings is 3. The molecular formula is C39H57NO7S. The predicted octanol–water partition coefficient (Wildman–Crippen LogP) is 7.84. The standard InChI is InChI=1S/C9H10O3S.2C9H10O.C7H13NO.C3H6O.2CH4/c1-8(10)7-13(11)12-9-5-3-2-4-6-9;2*1-8(10)7-9-5-3-2-4-6-9;1-7(9)8-5-3-2-4-6-8;1-3(2)4;;/h2-6H,7H2,1H3;2*2-6H,7H2,1H3;2-6H2,1H3;1-2H3;2*1H4. The smallest absolute Gasteiger partial charge is 0.219 e. The van der Waals surface area contributed by atoms with Crippen LogP contribution >= 0.6 is 0 Å². The monoisotopic (exact) mass is 683 g/mol. The van der Waals surface area contributed by atoms with Gasteiger partial charge in [-0.3, -0.25) is 19.2 Å². The third-order valence-corrected chi connectivity index (χ3v) is 6.67. The fourth-order valence-corrected chi connectivity index (χ4v) is 4.47. The Bertz CT molecular complexity index is 1270.